The number of aromatic nitrogens is 1. The van der Waals surface area contributed by atoms with Gasteiger partial charge in [0.2, 0.25) is 7.29 Å². The van der Waals surface area contributed by atoms with Gasteiger partial charge in [0.25, 0.3) is 0 Å². The Labute approximate surface area is 291 Å². The summed E-state index contributed by atoms with van der Waals surface area (Å²) in [6.07, 6.45) is 3.79. The summed E-state index contributed by atoms with van der Waals surface area (Å²) in [5.41, 5.74) is 14.1. The first-order chi connectivity index (χ1) is 24.6. The second-order valence-electron chi connectivity index (χ2n) is 13.3. The highest BCUT2D eigenvalue weighted by molar-refractivity contribution is 7.81. The van der Waals surface area contributed by atoms with Gasteiger partial charge in [0, 0.05) is 39.7 Å². The van der Waals surface area contributed by atoms with Crippen molar-refractivity contribution >= 4 is 40.0 Å². The molecule has 8 aromatic rings. The molecule has 7 aromatic carbocycles. The van der Waals surface area contributed by atoms with Crippen LogP contribution in [0.5, 0.6) is 0 Å². The van der Waals surface area contributed by atoms with Crippen LogP contribution in [0.25, 0.3) is 66.4 Å². The van der Waals surface area contributed by atoms with E-state index in [-0.39, 0.29) is 0 Å². The van der Waals surface area contributed by atoms with Gasteiger partial charge in [-0.15, -0.1) is 0 Å². The molecule has 10 rings (SSSR count). The van der Waals surface area contributed by atoms with Gasteiger partial charge < -0.3 is 0 Å². The molecular formula is C46H31N2OP. The lowest BCUT2D eigenvalue weighted by Gasteiger charge is -2.44. The van der Waals surface area contributed by atoms with E-state index in [2.05, 4.69) is 162 Å². The Morgan fingerprint density at radius 1 is 0.440 bits per heavy atom. The molecule has 2 aliphatic rings. The number of benzene rings is 7. The summed E-state index contributed by atoms with van der Waals surface area (Å²) >= 11 is 0. The van der Waals surface area contributed by atoms with Crippen molar-refractivity contribution in [2.45, 2.75) is 6.92 Å². The van der Waals surface area contributed by atoms with E-state index in [1.807, 2.05) is 24.5 Å². The van der Waals surface area contributed by atoms with Gasteiger partial charge in [0.05, 0.1) is 11.4 Å². The molecule has 236 valence electrons. The number of anilines is 2. The van der Waals surface area contributed by atoms with E-state index < -0.39 is 7.29 Å². The van der Waals surface area contributed by atoms with Crippen LogP contribution in [-0.2, 0) is 4.57 Å². The van der Waals surface area contributed by atoms with Gasteiger partial charge >= 0.3 is 0 Å². The van der Waals surface area contributed by atoms with Crippen LogP contribution < -0.4 is 15.3 Å². The summed E-state index contributed by atoms with van der Waals surface area (Å²) in [5, 5.41) is 4.20. The van der Waals surface area contributed by atoms with E-state index in [1.165, 1.54) is 10.8 Å². The lowest BCUT2D eigenvalue weighted by atomic mass is 9.94. The van der Waals surface area contributed by atoms with Crippen LogP contribution in [0.3, 0.4) is 0 Å². The van der Waals surface area contributed by atoms with Crippen LogP contribution in [0, 0.1) is 6.92 Å². The molecule has 0 spiro atoms. The van der Waals surface area contributed by atoms with Crippen molar-refractivity contribution < 1.29 is 4.57 Å². The SMILES string of the molecule is Cc1cncc(-c2ccc(-c3ccc4c(c3)-c3ccccc3P3(=O)c5ccccc5-c5cc(-c6ccc7ccccc7c6)ccc5N43)cc2)c1. The minimum atomic E-state index is -3.29. The molecule has 3 nitrogen and oxygen atoms in total. The molecule has 2 aliphatic heterocycles. The Morgan fingerprint density at radius 2 is 0.940 bits per heavy atom. The molecule has 0 N–H and O–H groups in total. The van der Waals surface area contributed by atoms with Crippen LogP contribution in [0.2, 0.25) is 0 Å². The molecule has 0 radical (unpaired) electrons. The Bertz CT molecular complexity index is 2710. The van der Waals surface area contributed by atoms with Gasteiger partial charge in [0.15, 0.2) is 0 Å². The first-order valence-electron chi connectivity index (χ1n) is 17.0. The smallest absolute Gasteiger partial charge is 0.235 e. The quantitative estimate of drug-likeness (QED) is 0.177. The van der Waals surface area contributed by atoms with Crippen molar-refractivity contribution in [2.24, 2.45) is 0 Å². The molecule has 4 heteroatoms. The van der Waals surface area contributed by atoms with E-state index in [9.17, 15) is 0 Å². The zero-order valence-corrected chi connectivity index (χ0v) is 28.3. The molecule has 1 atom stereocenters. The fourth-order valence-corrected chi connectivity index (χ4v) is 11.1. The molecule has 1 aromatic heterocycles. The summed E-state index contributed by atoms with van der Waals surface area (Å²) < 4.78 is 18.1. The first kappa shape index (κ1) is 28.9. The van der Waals surface area contributed by atoms with Crippen LogP contribution in [0.4, 0.5) is 11.4 Å². The summed E-state index contributed by atoms with van der Waals surface area (Å²) in [6.45, 7) is 2.07. The molecular weight excluding hydrogens is 627 g/mol. The molecule has 0 bridgehead atoms. The van der Waals surface area contributed by atoms with Crippen molar-refractivity contribution in [1.29, 1.82) is 0 Å². The molecule has 0 saturated heterocycles. The molecule has 1 unspecified atom stereocenters. The van der Waals surface area contributed by atoms with Gasteiger partial charge in [-0.1, -0.05) is 109 Å². The zero-order valence-electron chi connectivity index (χ0n) is 27.4. The van der Waals surface area contributed by atoms with Crippen LogP contribution >= 0.6 is 7.29 Å². The molecule has 0 aliphatic carbocycles. The van der Waals surface area contributed by atoms with Crippen LogP contribution in [-0.4, -0.2) is 4.98 Å². The Morgan fingerprint density at radius 3 is 1.58 bits per heavy atom. The average molecular weight is 659 g/mol. The predicted octanol–water partition coefficient (Wildman–Crippen LogP) is 11.6. The third-order valence-corrected chi connectivity index (χ3v) is 13.4. The van der Waals surface area contributed by atoms with Crippen molar-refractivity contribution in [3.63, 3.8) is 0 Å². The fraction of sp³-hybridized carbons (Fsp3) is 0.0217. The zero-order chi connectivity index (χ0) is 33.4. The number of hydrogen-bond acceptors (Lipinski definition) is 2. The number of nitrogens with zero attached hydrogens (tertiary/aromatic N) is 2. The number of aryl methyl sites for hydroxylation is 1. The Kier molecular flexibility index (Phi) is 6.37. The monoisotopic (exact) mass is 658 g/mol. The molecule has 3 heterocycles. The summed E-state index contributed by atoms with van der Waals surface area (Å²) in [7, 11) is -3.29. The third kappa shape index (κ3) is 4.30. The minimum Gasteiger partial charge on any atom is -0.289 e. The second-order valence-corrected chi connectivity index (χ2v) is 15.8. The fourth-order valence-electron chi connectivity index (χ4n) is 7.88. The predicted molar refractivity (Wildman–Crippen MR) is 209 cm³/mol. The summed E-state index contributed by atoms with van der Waals surface area (Å²) in [4.78, 5) is 4.38. The molecule has 50 heavy (non-hydrogen) atoms. The molecule has 0 amide bonds. The number of pyridine rings is 1. The van der Waals surface area contributed by atoms with Gasteiger partial charge in [-0.05, 0) is 111 Å². The van der Waals surface area contributed by atoms with E-state index >= 15 is 4.57 Å². The highest BCUT2D eigenvalue weighted by Crippen LogP contribution is 2.66. The minimum absolute atomic E-state index is 0.878. The van der Waals surface area contributed by atoms with Crippen LogP contribution in [0.1, 0.15) is 5.56 Å². The van der Waals surface area contributed by atoms with Gasteiger partial charge in [-0.3, -0.25) is 14.2 Å². The van der Waals surface area contributed by atoms with E-state index in [4.69, 9.17) is 0 Å². The second kappa shape index (κ2) is 11.0. The maximum Gasteiger partial charge on any atom is 0.235 e. The number of rotatable bonds is 3. The van der Waals surface area contributed by atoms with Crippen molar-refractivity contribution in [1.82, 2.24) is 4.98 Å². The van der Waals surface area contributed by atoms with E-state index in [1.54, 1.807) is 0 Å². The maximum absolute atomic E-state index is 16.0. The van der Waals surface area contributed by atoms with E-state index in [0.29, 0.717) is 0 Å². The van der Waals surface area contributed by atoms with Crippen molar-refractivity contribution in [2.75, 3.05) is 4.67 Å². The lowest BCUT2D eigenvalue weighted by molar-refractivity contribution is 0.586. The van der Waals surface area contributed by atoms with Gasteiger partial charge in [-0.25, -0.2) is 0 Å². The largest absolute Gasteiger partial charge is 0.289 e. The molecule has 0 saturated carbocycles. The highest BCUT2D eigenvalue weighted by atomic mass is 31.2. The van der Waals surface area contributed by atoms with Gasteiger partial charge in [0.1, 0.15) is 0 Å². The number of hydrogen-bond donors (Lipinski definition) is 0. The third-order valence-electron chi connectivity index (χ3n) is 10.3. The number of fused-ring (bicyclic) bond motifs is 12. The summed E-state index contributed by atoms with van der Waals surface area (Å²) in [6, 6.07) is 55.8. The Hall–Kier alpha value is -6.02. The van der Waals surface area contributed by atoms with E-state index in [0.717, 1.165) is 83.2 Å². The lowest BCUT2D eigenvalue weighted by Crippen LogP contribution is -2.37. The van der Waals surface area contributed by atoms with Crippen molar-refractivity contribution in [3.05, 3.63) is 176 Å². The molecule has 0 fully saturated rings. The maximum atomic E-state index is 16.0. The average Bonchev–Trinajstić information content (AvgIpc) is 3.18. The Balaban J connectivity index is 1.14. The van der Waals surface area contributed by atoms with Gasteiger partial charge in [-0.2, -0.15) is 0 Å². The topological polar surface area (TPSA) is 33.2 Å². The summed E-state index contributed by atoms with van der Waals surface area (Å²) in [5.74, 6) is 0. The normalized spacial score (nSPS) is 15.4. The first-order valence-corrected chi connectivity index (χ1v) is 18.6. The van der Waals surface area contributed by atoms with Crippen LogP contribution in [0.15, 0.2) is 170 Å². The van der Waals surface area contributed by atoms with Crippen molar-refractivity contribution in [3.8, 4) is 55.6 Å². The highest BCUT2D eigenvalue weighted by Gasteiger charge is 2.47. The standard InChI is InChI=1S/C46H31N2OP/c1-30-24-38(29-47-28-30)33-16-14-32(15-17-33)36-20-22-43-41(26-36)39-10-4-6-12-45(39)50(49)46-13-7-5-11-40(46)42-27-37(21-23-44(42)48(43)50)35-19-18-31-8-2-3-9-34(31)25-35/h2-29H,1H3.